The summed E-state index contributed by atoms with van der Waals surface area (Å²) in [5, 5.41) is 14.5. The van der Waals surface area contributed by atoms with Gasteiger partial charge >= 0.3 is 0 Å². The minimum absolute atomic E-state index is 0.540. The third-order valence-corrected chi connectivity index (χ3v) is 4.01. The molecule has 0 atom stereocenters. The van der Waals surface area contributed by atoms with E-state index < -0.39 is 0 Å². The molecule has 1 fully saturated rings. The normalized spacial score (nSPS) is 15.2. The number of nitrogens with zero attached hydrogens (tertiary/aromatic N) is 4. The molecule has 1 aromatic carbocycles. The SMILES string of the molecule is CCc1ccc(Nc2cnnc(NCCN3CCOCC3)n2)cc1. The fourth-order valence-electron chi connectivity index (χ4n) is 2.56. The van der Waals surface area contributed by atoms with Gasteiger partial charge in [0.05, 0.1) is 19.4 Å². The summed E-state index contributed by atoms with van der Waals surface area (Å²) in [5.74, 6) is 1.22. The molecule has 1 aliphatic heterocycles. The van der Waals surface area contributed by atoms with Crippen molar-refractivity contribution in [1.82, 2.24) is 20.1 Å². The van der Waals surface area contributed by atoms with Crippen molar-refractivity contribution in [3.63, 3.8) is 0 Å². The molecule has 0 bridgehead atoms. The molecule has 24 heavy (non-hydrogen) atoms. The van der Waals surface area contributed by atoms with Gasteiger partial charge < -0.3 is 15.4 Å². The molecule has 0 amide bonds. The Kier molecular flexibility index (Phi) is 5.92. The molecule has 0 radical (unpaired) electrons. The molecular weight excluding hydrogens is 304 g/mol. The Morgan fingerprint density at radius 3 is 2.71 bits per heavy atom. The highest BCUT2D eigenvalue weighted by molar-refractivity contribution is 5.56. The van der Waals surface area contributed by atoms with Crippen molar-refractivity contribution < 1.29 is 4.74 Å². The summed E-state index contributed by atoms with van der Waals surface area (Å²) in [4.78, 5) is 6.82. The van der Waals surface area contributed by atoms with Crippen molar-refractivity contribution in [2.24, 2.45) is 0 Å². The van der Waals surface area contributed by atoms with E-state index in [9.17, 15) is 0 Å². The first-order chi connectivity index (χ1) is 11.8. The molecule has 3 rings (SSSR count). The van der Waals surface area contributed by atoms with Gasteiger partial charge in [-0.05, 0) is 24.1 Å². The molecule has 2 N–H and O–H groups in total. The number of rotatable bonds is 7. The molecule has 1 aromatic heterocycles. The zero-order valence-electron chi connectivity index (χ0n) is 14.0. The van der Waals surface area contributed by atoms with Crippen LogP contribution in [-0.4, -0.2) is 59.5 Å². The summed E-state index contributed by atoms with van der Waals surface area (Å²) in [6, 6.07) is 8.32. The molecule has 0 aliphatic carbocycles. The van der Waals surface area contributed by atoms with Gasteiger partial charge in [-0.1, -0.05) is 19.1 Å². The number of hydrogen-bond donors (Lipinski definition) is 2. The molecular formula is C17H24N6O. The van der Waals surface area contributed by atoms with Crippen LogP contribution in [0.4, 0.5) is 17.5 Å². The molecule has 0 saturated carbocycles. The number of benzene rings is 1. The fourth-order valence-corrected chi connectivity index (χ4v) is 2.56. The van der Waals surface area contributed by atoms with Gasteiger partial charge in [0.15, 0.2) is 5.82 Å². The molecule has 128 valence electrons. The third-order valence-electron chi connectivity index (χ3n) is 4.01. The van der Waals surface area contributed by atoms with E-state index in [1.165, 1.54) is 5.56 Å². The van der Waals surface area contributed by atoms with Crippen LogP contribution in [0.2, 0.25) is 0 Å². The fraction of sp³-hybridized carbons (Fsp3) is 0.471. The largest absolute Gasteiger partial charge is 0.379 e. The topological polar surface area (TPSA) is 75.2 Å². The van der Waals surface area contributed by atoms with Crippen molar-refractivity contribution in [3.8, 4) is 0 Å². The lowest BCUT2D eigenvalue weighted by Crippen LogP contribution is -2.39. The van der Waals surface area contributed by atoms with Crippen molar-refractivity contribution in [2.75, 3.05) is 50.0 Å². The van der Waals surface area contributed by atoms with E-state index in [0.717, 1.165) is 51.5 Å². The zero-order valence-corrected chi connectivity index (χ0v) is 14.0. The highest BCUT2D eigenvalue weighted by Gasteiger charge is 2.09. The first-order valence-corrected chi connectivity index (χ1v) is 8.43. The number of aromatic nitrogens is 3. The Bertz CT molecular complexity index is 627. The van der Waals surface area contributed by atoms with E-state index in [1.54, 1.807) is 6.20 Å². The molecule has 2 heterocycles. The summed E-state index contributed by atoms with van der Waals surface area (Å²) >= 11 is 0. The number of ether oxygens (including phenoxy) is 1. The summed E-state index contributed by atoms with van der Waals surface area (Å²) < 4.78 is 5.35. The van der Waals surface area contributed by atoms with Crippen LogP contribution in [0.3, 0.4) is 0 Å². The van der Waals surface area contributed by atoms with E-state index in [0.29, 0.717) is 11.8 Å². The van der Waals surface area contributed by atoms with Crippen LogP contribution in [0.1, 0.15) is 12.5 Å². The summed E-state index contributed by atoms with van der Waals surface area (Å²) in [6.45, 7) is 7.47. The van der Waals surface area contributed by atoms with Crippen molar-refractivity contribution in [2.45, 2.75) is 13.3 Å². The second-order valence-electron chi connectivity index (χ2n) is 5.72. The smallest absolute Gasteiger partial charge is 0.244 e. The first kappa shape index (κ1) is 16.6. The van der Waals surface area contributed by atoms with Gasteiger partial charge in [0, 0.05) is 31.9 Å². The van der Waals surface area contributed by atoms with Crippen molar-refractivity contribution >= 4 is 17.5 Å². The van der Waals surface area contributed by atoms with Gasteiger partial charge in [0.1, 0.15) is 0 Å². The monoisotopic (exact) mass is 328 g/mol. The number of hydrogen-bond acceptors (Lipinski definition) is 7. The Labute approximate surface area is 142 Å². The summed E-state index contributed by atoms with van der Waals surface area (Å²) in [5.41, 5.74) is 2.30. The summed E-state index contributed by atoms with van der Waals surface area (Å²) in [6.07, 6.45) is 2.66. The minimum Gasteiger partial charge on any atom is -0.379 e. The maximum Gasteiger partial charge on any atom is 0.244 e. The molecule has 7 heteroatoms. The molecule has 0 unspecified atom stereocenters. The highest BCUT2D eigenvalue weighted by atomic mass is 16.5. The zero-order chi connectivity index (χ0) is 16.6. The van der Waals surface area contributed by atoms with Crippen LogP contribution in [0.5, 0.6) is 0 Å². The van der Waals surface area contributed by atoms with Gasteiger partial charge in [-0.3, -0.25) is 4.90 Å². The lowest BCUT2D eigenvalue weighted by molar-refractivity contribution is 0.0398. The molecule has 2 aromatic rings. The molecule has 0 spiro atoms. The predicted octanol–water partition coefficient (Wildman–Crippen LogP) is 1.92. The van der Waals surface area contributed by atoms with E-state index in [1.807, 2.05) is 12.1 Å². The average Bonchev–Trinajstić information content (AvgIpc) is 2.64. The Balaban J connectivity index is 1.51. The molecule has 1 saturated heterocycles. The Hall–Kier alpha value is -2.25. The van der Waals surface area contributed by atoms with Crippen LogP contribution in [0, 0.1) is 0 Å². The van der Waals surface area contributed by atoms with Gasteiger partial charge in [-0.2, -0.15) is 10.1 Å². The van der Waals surface area contributed by atoms with Crippen LogP contribution in [0.15, 0.2) is 30.5 Å². The van der Waals surface area contributed by atoms with Crippen LogP contribution in [-0.2, 0) is 11.2 Å². The van der Waals surface area contributed by atoms with E-state index in [-0.39, 0.29) is 0 Å². The lowest BCUT2D eigenvalue weighted by atomic mass is 10.1. The predicted molar refractivity (Wildman–Crippen MR) is 94.7 cm³/mol. The highest BCUT2D eigenvalue weighted by Crippen LogP contribution is 2.15. The van der Waals surface area contributed by atoms with Crippen molar-refractivity contribution in [1.29, 1.82) is 0 Å². The van der Waals surface area contributed by atoms with E-state index in [4.69, 9.17) is 4.74 Å². The number of anilines is 3. The van der Waals surface area contributed by atoms with E-state index in [2.05, 4.69) is 49.8 Å². The minimum atomic E-state index is 0.540. The third kappa shape index (κ3) is 4.87. The number of aryl methyl sites for hydroxylation is 1. The van der Waals surface area contributed by atoms with Gasteiger partial charge in [-0.15, -0.1) is 5.10 Å². The second-order valence-corrected chi connectivity index (χ2v) is 5.72. The van der Waals surface area contributed by atoms with Crippen LogP contribution < -0.4 is 10.6 Å². The number of morpholine rings is 1. The second kappa shape index (κ2) is 8.56. The van der Waals surface area contributed by atoms with Gasteiger partial charge in [0.2, 0.25) is 5.95 Å². The van der Waals surface area contributed by atoms with Crippen LogP contribution in [0.25, 0.3) is 0 Å². The quantitative estimate of drug-likeness (QED) is 0.804. The Morgan fingerprint density at radius 2 is 1.96 bits per heavy atom. The van der Waals surface area contributed by atoms with Gasteiger partial charge in [-0.25, -0.2) is 0 Å². The van der Waals surface area contributed by atoms with Crippen LogP contribution >= 0.6 is 0 Å². The molecule has 7 nitrogen and oxygen atoms in total. The number of nitrogens with one attached hydrogen (secondary N) is 2. The maximum atomic E-state index is 5.35. The maximum absolute atomic E-state index is 5.35. The van der Waals surface area contributed by atoms with Crippen molar-refractivity contribution in [3.05, 3.63) is 36.0 Å². The first-order valence-electron chi connectivity index (χ1n) is 8.43. The molecule has 1 aliphatic rings. The average molecular weight is 328 g/mol. The summed E-state index contributed by atoms with van der Waals surface area (Å²) in [7, 11) is 0. The Morgan fingerprint density at radius 1 is 1.17 bits per heavy atom. The van der Waals surface area contributed by atoms with Gasteiger partial charge in [0.25, 0.3) is 0 Å². The standard InChI is InChI=1S/C17H24N6O/c1-2-14-3-5-15(6-4-14)20-16-13-19-22-17(21-16)18-7-8-23-9-11-24-12-10-23/h3-6,13H,2,7-12H2,1H3,(H2,18,20,21,22). The lowest BCUT2D eigenvalue weighted by Gasteiger charge is -2.26. The van der Waals surface area contributed by atoms with E-state index >= 15 is 0 Å².